The number of para-hydroxylation sites is 1. The number of hydrogen-bond acceptors (Lipinski definition) is 7. The van der Waals surface area contributed by atoms with Crippen molar-refractivity contribution >= 4 is 33.7 Å². The lowest BCUT2D eigenvalue weighted by atomic mass is 10.0. The third kappa shape index (κ3) is 4.50. The van der Waals surface area contributed by atoms with Gasteiger partial charge in [0, 0.05) is 23.8 Å². The van der Waals surface area contributed by atoms with Crippen LogP contribution in [0.5, 0.6) is 0 Å². The fraction of sp³-hybridized carbons (Fsp3) is 0.333. The minimum atomic E-state index is -0.459. The first-order valence-electron chi connectivity index (χ1n) is 12.7. The fourth-order valence-corrected chi connectivity index (χ4v) is 4.73. The van der Waals surface area contributed by atoms with Crippen molar-refractivity contribution in [2.24, 2.45) is 11.7 Å². The van der Waals surface area contributed by atoms with Crippen LogP contribution in [-0.2, 0) is 11.3 Å². The minimum absolute atomic E-state index is 0.00197. The van der Waals surface area contributed by atoms with Crippen LogP contribution in [0.3, 0.4) is 0 Å². The molecule has 0 aliphatic heterocycles. The number of benzene rings is 1. The van der Waals surface area contributed by atoms with E-state index in [1.54, 1.807) is 18.6 Å². The second-order valence-corrected chi connectivity index (χ2v) is 9.79. The number of primary amides is 1. The average molecular weight is 496 g/mol. The van der Waals surface area contributed by atoms with E-state index in [1.165, 1.54) is 4.68 Å². The maximum Gasteiger partial charge on any atom is 0.239 e. The molecule has 0 spiro atoms. The molecule has 10 heteroatoms. The van der Waals surface area contributed by atoms with Gasteiger partial charge in [0.1, 0.15) is 17.6 Å². The summed E-state index contributed by atoms with van der Waals surface area (Å²) in [4.78, 5) is 25.8. The summed E-state index contributed by atoms with van der Waals surface area (Å²) < 4.78 is 3.50. The monoisotopic (exact) mass is 495 g/mol. The second kappa shape index (κ2) is 9.27. The molecule has 0 saturated heterocycles. The molecule has 37 heavy (non-hydrogen) atoms. The van der Waals surface area contributed by atoms with E-state index in [9.17, 15) is 4.79 Å². The minimum Gasteiger partial charge on any atom is -0.368 e. The normalized spacial score (nSPS) is 15.2. The highest BCUT2D eigenvalue weighted by Gasteiger charge is 2.34. The average Bonchev–Trinajstić information content (AvgIpc) is 3.48. The van der Waals surface area contributed by atoms with Crippen LogP contribution >= 0.6 is 0 Å². The third-order valence-corrected chi connectivity index (χ3v) is 7.02. The quantitative estimate of drug-likeness (QED) is 0.312. The lowest BCUT2D eigenvalue weighted by Gasteiger charge is -2.21. The summed E-state index contributed by atoms with van der Waals surface area (Å²) in [5.41, 5.74) is 9.79. The summed E-state index contributed by atoms with van der Waals surface area (Å²) in [5, 5.41) is 13.8. The summed E-state index contributed by atoms with van der Waals surface area (Å²) in [5.74, 6) is 1.28. The zero-order valence-corrected chi connectivity index (χ0v) is 20.9. The van der Waals surface area contributed by atoms with Crippen molar-refractivity contribution in [1.29, 1.82) is 0 Å². The van der Waals surface area contributed by atoms with Gasteiger partial charge in [0.2, 0.25) is 5.91 Å². The van der Waals surface area contributed by atoms with E-state index in [0.717, 1.165) is 52.6 Å². The Kier molecular flexibility index (Phi) is 5.78. The predicted octanol–water partition coefficient (Wildman–Crippen LogP) is 4.26. The number of aromatic nitrogens is 7. The summed E-state index contributed by atoms with van der Waals surface area (Å²) in [6.07, 6.45) is 10.4. The van der Waals surface area contributed by atoms with Crippen molar-refractivity contribution in [2.75, 3.05) is 5.32 Å². The molecule has 5 aromatic rings. The van der Waals surface area contributed by atoms with Crippen LogP contribution in [0.25, 0.3) is 33.3 Å². The Morgan fingerprint density at radius 3 is 2.76 bits per heavy atom. The standard InChI is InChI=1S/C27H29N9O/c1-3-16(2)36-25-22(13-31-36)32-26(20-12-30-35(14-20)15-23(28)37)34-27(25)33-24(17-8-9-17)19-10-18-6-4-5-7-21(18)29-11-19/h4-7,10-14,16-17,24H,3,8-9,15H2,1-2H3,(H2,28,37)(H,32,33,34)/t16?,24-/m1/s1. The van der Waals surface area contributed by atoms with E-state index < -0.39 is 5.91 Å². The Labute approximate surface area is 213 Å². The number of amides is 1. The zero-order chi connectivity index (χ0) is 25.5. The van der Waals surface area contributed by atoms with E-state index in [1.807, 2.05) is 29.1 Å². The molecule has 4 aromatic heterocycles. The number of fused-ring (bicyclic) bond motifs is 2. The number of hydrogen-bond donors (Lipinski definition) is 2. The highest BCUT2D eigenvalue weighted by Crippen LogP contribution is 2.44. The Hall–Kier alpha value is -4.34. The number of nitrogens with zero attached hydrogens (tertiary/aromatic N) is 7. The molecule has 1 saturated carbocycles. The van der Waals surface area contributed by atoms with Crippen molar-refractivity contribution < 1.29 is 4.79 Å². The molecule has 1 aromatic carbocycles. The maximum atomic E-state index is 11.3. The number of nitrogens with one attached hydrogen (secondary N) is 1. The first kappa shape index (κ1) is 23.1. The van der Waals surface area contributed by atoms with Crippen LogP contribution in [0.2, 0.25) is 0 Å². The Balaban J connectivity index is 1.45. The lowest BCUT2D eigenvalue weighted by molar-refractivity contribution is -0.118. The maximum absolute atomic E-state index is 11.3. The fourth-order valence-electron chi connectivity index (χ4n) is 4.73. The molecule has 2 atom stereocenters. The molecule has 1 aliphatic carbocycles. The van der Waals surface area contributed by atoms with Gasteiger partial charge in [-0.1, -0.05) is 25.1 Å². The summed E-state index contributed by atoms with van der Waals surface area (Å²) >= 11 is 0. The van der Waals surface area contributed by atoms with Gasteiger partial charge < -0.3 is 11.1 Å². The van der Waals surface area contributed by atoms with E-state index >= 15 is 0 Å². The third-order valence-electron chi connectivity index (χ3n) is 7.02. The largest absolute Gasteiger partial charge is 0.368 e. The molecular weight excluding hydrogens is 466 g/mol. The van der Waals surface area contributed by atoms with Gasteiger partial charge >= 0.3 is 0 Å². The van der Waals surface area contributed by atoms with Gasteiger partial charge in [-0.25, -0.2) is 9.97 Å². The highest BCUT2D eigenvalue weighted by atomic mass is 16.1. The van der Waals surface area contributed by atoms with E-state index in [4.69, 9.17) is 20.7 Å². The van der Waals surface area contributed by atoms with Crippen molar-refractivity contribution in [3.63, 3.8) is 0 Å². The first-order valence-corrected chi connectivity index (χ1v) is 12.7. The molecule has 1 aliphatic rings. The van der Waals surface area contributed by atoms with Gasteiger partial charge in [0.05, 0.1) is 29.5 Å². The second-order valence-electron chi connectivity index (χ2n) is 9.79. The van der Waals surface area contributed by atoms with Crippen molar-refractivity contribution in [1.82, 2.24) is 34.5 Å². The molecule has 10 nitrogen and oxygen atoms in total. The van der Waals surface area contributed by atoms with Gasteiger partial charge in [-0.15, -0.1) is 0 Å². The molecule has 0 bridgehead atoms. The van der Waals surface area contributed by atoms with Crippen LogP contribution in [0, 0.1) is 5.92 Å². The molecule has 3 N–H and O–H groups in total. The molecule has 6 rings (SSSR count). The van der Waals surface area contributed by atoms with Crippen LogP contribution in [0.15, 0.2) is 55.1 Å². The topological polar surface area (TPSA) is 129 Å². The SMILES string of the molecule is CCC(C)n1ncc2nc(-c3cnn(CC(N)=O)c3)nc(N[C@@H](c3cnc4ccccc4c3)C3CC3)c21. The molecule has 1 fully saturated rings. The lowest BCUT2D eigenvalue weighted by Crippen LogP contribution is -2.18. The van der Waals surface area contributed by atoms with Gasteiger partial charge in [-0.2, -0.15) is 10.2 Å². The number of rotatable bonds is 9. The number of carbonyl (C=O) groups is 1. The Morgan fingerprint density at radius 1 is 1.14 bits per heavy atom. The van der Waals surface area contributed by atoms with Crippen LogP contribution in [0.4, 0.5) is 5.82 Å². The van der Waals surface area contributed by atoms with Crippen LogP contribution in [-0.4, -0.2) is 40.4 Å². The summed E-state index contributed by atoms with van der Waals surface area (Å²) in [6, 6.07) is 10.6. The van der Waals surface area contributed by atoms with E-state index in [2.05, 4.69) is 41.5 Å². The van der Waals surface area contributed by atoms with Gasteiger partial charge in [-0.05, 0) is 49.8 Å². The van der Waals surface area contributed by atoms with E-state index in [-0.39, 0.29) is 18.6 Å². The van der Waals surface area contributed by atoms with Crippen molar-refractivity contribution in [2.45, 2.75) is 51.7 Å². The van der Waals surface area contributed by atoms with Crippen LogP contribution < -0.4 is 11.1 Å². The highest BCUT2D eigenvalue weighted by molar-refractivity contribution is 5.88. The number of anilines is 1. The van der Waals surface area contributed by atoms with Gasteiger partial charge in [0.25, 0.3) is 0 Å². The summed E-state index contributed by atoms with van der Waals surface area (Å²) in [6.45, 7) is 4.28. The molecular formula is C27H29N9O. The number of nitrogens with two attached hydrogens (primary N) is 1. The Bertz CT molecular complexity index is 1600. The van der Waals surface area contributed by atoms with Crippen molar-refractivity contribution in [3.8, 4) is 11.4 Å². The van der Waals surface area contributed by atoms with Gasteiger partial charge in [0.15, 0.2) is 11.6 Å². The van der Waals surface area contributed by atoms with Crippen LogP contribution in [0.1, 0.15) is 50.8 Å². The first-order chi connectivity index (χ1) is 18.0. The smallest absolute Gasteiger partial charge is 0.239 e. The van der Waals surface area contributed by atoms with E-state index in [0.29, 0.717) is 17.3 Å². The number of pyridine rings is 1. The molecule has 1 unspecified atom stereocenters. The molecule has 188 valence electrons. The number of carbonyl (C=O) groups excluding carboxylic acids is 1. The molecule has 1 amide bonds. The molecule has 0 radical (unpaired) electrons. The predicted molar refractivity (Wildman–Crippen MR) is 142 cm³/mol. The van der Waals surface area contributed by atoms with Gasteiger partial charge in [-0.3, -0.25) is 19.1 Å². The Morgan fingerprint density at radius 2 is 1.97 bits per heavy atom. The summed E-state index contributed by atoms with van der Waals surface area (Å²) in [7, 11) is 0. The van der Waals surface area contributed by atoms with Crippen molar-refractivity contribution in [3.05, 3.63) is 60.7 Å². The molecule has 4 heterocycles. The zero-order valence-electron chi connectivity index (χ0n) is 20.9.